The third kappa shape index (κ3) is 4.55. The number of rotatable bonds is 4. The van der Waals surface area contributed by atoms with Crippen LogP contribution in [-0.2, 0) is 10.3 Å². The van der Waals surface area contributed by atoms with Gasteiger partial charge >= 0.3 is 0 Å². The number of carbonyl (C=O) groups excluding carboxylic acids is 1. The number of aliphatic imine (C=N–C) groups is 2. The minimum absolute atomic E-state index is 0.0784. The smallest absolute Gasteiger partial charge is 0.296 e. The molecule has 0 saturated heterocycles. The summed E-state index contributed by atoms with van der Waals surface area (Å²) in [6.07, 6.45) is 0.642. The summed E-state index contributed by atoms with van der Waals surface area (Å²) in [6, 6.07) is 13.4. The summed E-state index contributed by atoms with van der Waals surface area (Å²) in [5.74, 6) is 2.77. The zero-order valence-corrected chi connectivity index (χ0v) is 20.1. The predicted molar refractivity (Wildman–Crippen MR) is 130 cm³/mol. The Morgan fingerprint density at radius 2 is 1.85 bits per heavy atom. The van der Waals surface area contributed by atoms with Crippen molar-refractivity contribution < 1.29 is 19.0 Å². The van der Waals surface area contributed by atoms with Crippen LogP contribution < -0.4 is 24.8 Å². The van der Waals surface area contributed by atoms with Gasteiger partial charge in [-0.3, -0.25) is 15.1 Å². The third-order valence-electron chi connectivity index (χ3n) is 6.08. The van der Waals surface area contributed by atoms with Gasteiger partial charge < -0.3 is 19.5 Å². The first-order valence-corrected chi connectivity index (χ1v) is 11.8. The van der Waals surface area contributed by atoms with Gasteiger partial charge in [0.2, 0.25) is 5.91 Å². The van der Waals surface area contributed by atoms with Gasteiger partial charge in [-0.05, 0) is 55.7 Å². The number of hydrogen-bond donors (Lipinski definition) is 2. The van der Waals surface area contributed by atoms with E-state index in [0.717, 1.165) is 28.5 Å². The number of amides is 1. The van der Waals surface area contributed by atoms with Crippen LogP contribution in [0.2, 0.25) is 0 Å². The highest BCUT2D eigenvalue weighted by atomic mass is 35.5. The Morgan fingerprint density at radius 1 is 1.12 bits per heavy atom. The highest BCUT2D eigenvalue weighted by molar-refractivity contribution is 6.22. The average molecular weight is 483 g/mol. The molecule has 2 aromatic rings. The van der Waals surface area contributed by atoms with Gasteiger partial charge in [0, 0.05) is 6.92 Å². The van der Waals surface area contributed by atoms with Crippen molar-refractivity contribution in [3.8, 4) is 17.2 Å². The first kappa shape index (κ1) is 22.5. The number of benzene rings is 2. The second-order valence-corrected chi connectivity index (χ2v) is 9.68. The van der Waals surface area contributed by atoms with Crippen molar-refractivity contribution in [3.63, 3.8) is 0 Å². The number of halogens is 1. The third-order valence-corrected chi connectivity index (χ3v) is 6.50. The summed E-state index contributed by atoms with van der Waals surface area (Å²) < 4.78 is 17.3. The van der Waals surface area contributed by atoms with Gasteiger partial charge in [-0.15, -0.1) is 11.6 Å². The number of hydrogen-bond acceptors (Lipinski definition) is 7. The van der Waals surface area contributed by atoms with E-state index in [-0.39, 0.29) is 23.4 Å². The lowest BCUT2D eigenvalue weighted by Gasteiger charge is -2.28. The molecule has 3 aliphatic heterocycles. The number of carbonyl (C=O) groups is 1. The van der Waals surface area contributed by atoms with Crippen LogP contribution in [0.1, 0.15) is 44.4 Å². The van der Waals surface area contributed by atoms with E-state index >= 15 is 0 Å². The molecule has 0 radical (unpaired) electrons. The minimum Gasteiger partial charge on any atom is -0.486 e. The number of nitrogens with one attached hydrogen (secondary N) is 2. The number of fused-ring (bicyclic) bond motifs is 2. The number of ether oxygens (including phenoxy) is 3. The summed E-state index contributed by atoms with van der Waals surface area (Å²) in [5.41, 5.74) is 1.47. The van der Waals surface area contributed by atoms with E-state index in [1.807, 2.05) is 56.3 Å². The fraction of sp³-hybridized carbons (Fsp3) is 0.400. The monoisotopic (exact) mass is 482 g/mol. The molecule has 3 unspecified atom stereocenters. The first-order chi connectivity index (χ1) is 16.3. The zero-order valence-electron chi connectivity index (χ0n) is 19.3. The Balaban J connectivity index is 1.28. The van der Waals surface area contributed by atoms with Gasteiger partial charge in [-0.1, -0.05) is 18.2 Å². The highest BCUT2D eigenvalue weighted by Crippen LogP contribution is 2.39. The molecule has 34 heavy (non-hydrogen) atoms. The second kappa shape index (κ2) is 8.83. The van der Waals surface area contributed by atoms with Crippen molar-refractivity contribution in [2.45, 2.75) is 50.2 Å². The molecule has 0 bridgehead atoms. The van der Waals surface area contributed by atoms with Crippen LogP contribution in [0.5, 0.6) is 17.2 Å². The predicted octanol–water partition coefficient (Wildman–Crippen LogP) is 3.69. The maximum Gasteiger partial charge on any atom is 0.296 e. The fourth-order valence-electron chi connectivity index (χ4n) is 4.43. The van der Waals surface area contributed by atoms with Crippen LogP contribution in [-0.4, -0.2) is 42.4 Å². The second-order valence-electron chi connectivity index (χ2n) is 9.12. The molecular formula is C25H27ClN4O4. The quantitative estimate of drug-likeness (QED) is 0.648. The Morgan fingerprint density at radius 3 is 2.59 bits per heavy atom. The lowest BCUT2D eigenvalue weighted by atomic mass is 9.94. The molecule has 0 spiro atoms. The molecule has 0 saturated carbocycles. The maximum atomic E-state index is 11.5. The Bertz CT molecular complexity index is 1160. The Kier molecular flexibility index (Phi) is 5.85. The Labute approximate surface area is 203 Å². The van der Waals surface area contributed by atoms with Crippen LogP contribution in [0.25, 0.3) is 0 Å². The van der Waals surface area contributed by atoms with E-state index in [9.17, 15) is 4.79 Å². The van der Waals surface area contributed by atoms with Gasteiger partial charge in [-0.25, -0.2) is 4.99 Å². The van der Waals surface area contributed by atoms with Crippen molar-refractivity contribution in [1.29, 1.82) is 0 Å². The number of nitrogens with zero attached hydrogens (tertiary/aromatic N) is 2. The van der Waals surface area contributed by atoms with Crippen LogP contribution in [0.4, 0.5) is 0 Å². The molecule has 2 N–H and O–H groups in total. The molecule has 178 valence electrons. The normalized spacial score (nSPS) is 23.2. The van der Waals surface area contributed by atoms with Crippen molar-refractivity contribution in [3.05, 3.63) is 53.6 Å². The zero-order chi connectivity index (χ0) is 23.9. The van der Waals surface area contributed by atoms with Crippen molar-refractivity contribution in [2.24, 2.45) is 9.98 Å². The van der Waals surface area contributed by atoms with Gasteiger partial charge in [0.15, 0.2) is 11.5 Å². The fourth-order valence-corrected chi connectivity index (χ4v) is 4.80. The van der Waals surface area contributed by atoms with Crippen molar-refractivity contribution in [1.82, 2.24) is 10.6 Å². The van der Waals surface area contributed by atoms with E-state index in [0.29, 0.717) is 31.4 Å². The summed E-state index contributed by atoms with van der Waals surface area (Å²) in [4.78, 5) is 20.9. The molecule has 0 aromatic heterocycles. The standard InChI is InChI=1S/C25H27ClN4O4/c1-14(31)30-25(2,3)16-5-7-17(8-6-16)34-24-27-19-13-18(26)22(28-23(19)29-24)15-4-9-20-21(12-15)33-11-10-32-20/h4-9,12,18-19,22H,10-11,13H2,1-3H3,(H,30,31)(H,27,28,29). The average Bonchev–Trinajstić information content (AvgIpc) is 3.18. The molecule has 1 amide bonds. The lowest BCUT2D eigenvalue weighted by Crippen LogP contribution is -2.39. The van der Waals surface area contributed by atoms with Gasteiger partial charge in [0.25, 0.3) is 6.02 Å². The summed E-state index contributed by atoms with van der Waals surface area (Å²) in [5, 5.41) is 5.93. The molecule has 0 fully saturated rings. The van der Waals surface area contributed by atoms with E-state index in [2.05, 4.69) is 15.6 Å². The van der Waals surface area contributed by atoms with Gasteiger partial charge in [-0.2, -0.15) is 0 Å². The van der Waals surface area contributed by atoms with Crippen LogP contribution >= 0.6 is 11.6 Å². The topological polar surface area (TPSA) is 93.5 Å². The maximum absolute atomic E-state index is 11.5. The van der Waals surface area contributed by atoms with E-state index in [1.165, 1.54) is 6.92 Å². The summed E-state index contributed by atoms with van der Waals surface area (Å²) in [6.45, 7) is 6.50. The molecule has 3 atom stereocenters. The van der Waals surface area contributed by atoms with Crippen LogP contribution in [0.15, 0.2) is 52.4 Å². The van der Waals surface area contributed by atoms with E-state index in [1.54, 1.807) is 0 Å². The van der Waals surface area contributed by atoms with Crippen molar-refractivity contribution in [2.75, 3.05) is 13.2 Å². The number of amidine groups is 2. The largest absolute Gasteiger partial charge is 0.486 e. The van der Waals surface area contributed by atoms with Crippen LogP contribution in [0, 0.1) is 0 Å². The SMILES string of the molecule is CC(=O)NC(C)(C)c1ccc(OC2=NC3CC(Cl)C(c4ccc5c(c4)OCCO5)N=C3N2)cc1. The molecule has 2 aromatic carbocycles. The molecule has 5 rings (SSSR count). The summed E-state index contributed by atoms with van der Waals surface area (Å²) in [7, 11) is 0. The molecule has 3 aliphatic rings. The van der Waals surface area contributed by atoms with Crippen LogP contribution in [0.3, 0.4) is 0 Å². The molecule has 3 heterocycles. The highest BCUT2D eigenvalue weighted by Gasteiger charge is 2.37. The molecule has 8 nitrogen and oxygen atoms in total. The van der Waals surface area contributed by atoms with E-state index in [4.69, 9.17) is 30.8 Å². The first-order valence-electron chi connectivity index (χ1n) is 11.3. The molecule has 9 heteroatoms. The van der Waals surface area contributed by atoms with Gasteiger partial charge in [0.05, 0.1) is 17.0 Å². The minimum atomic E-state index is -0.477. The lowest BCUT2D eigenvalue weighted by molar-refractivity contribution is -0.120. The molecule has 0 aliphatic carbocycles. The van der Waals surface area contributed by atoms with E-state index < -0.39 is 5.54 Å². The summed E-state index contributed by atoms with van der Waals surface area (Å²) >= 11 is 6.72. The van der Waals surface area contributed by atoms with Crippen molar-refractivity contribution >= 4 is 29.4 Å². The number of alkyl halides is 1. The van der Waals surface area contributed by atoms with Gasteiger partial charge in [0.1, 0.15) is 30.8 Å². The Hall–Kier alpha value is -3.26. The molecular weight excluding hydrogens is 456 g/mol.